The summed E-state index contributed by atoms with van der Waals surface area (Å²) in [6.45, 7) is 4.16. The number of hydrogen-bond acceptors (Lipinski definition) is 3. The monoisotopic (exact) mass is 230 g/mol. The molecule has 2 rings (SSSR count). The van der Waals surface area contributed by atoms with Crippen molar-refractivity contribution in [3.05, 3.63) is 35.5 Å². The highest BCUT2D eigenvalue weighted by Gasteiger charge is 2.12. The first kappa shape index (κ1) is 11.5. The summed E-state index contributed by atoms with van der Waals surface area (Å²) in [6, 6.07) is 6.09. The molecule has 4 nitrogen and oxygen atoms in total. The zero-order valence-electron chi connectivity index (χ0n) is 10.5. The van der Waals surface area contributed by atoms with Crippen molar-refractivity contribution < 1.29 is 0 Å². The van der Waals surface area contributed by atoms with Crippen LogP contribution in [0.5, 0.6) is 0 Å². The van der Waals surface area contributed by atoms with E-state index in [0.717, 1.165) is 29.2 Å². The molecule has 90 valence electrons. The van der Waals surface area contributed by atoms with E-state index >= 15 is 0 Å². The van der Waals surface area contributed by atoms with E-state index in [1.807, 2.05) is 20.0 Å². The third-order valence-corrected chi connectivity index (χ3v) is 3.11. The van der Waals surface area contributed by atoms with Crippen molar-refractivity contribution in [3.63, 3.8) is 0 Å². The third-order valence-electron chi connectivity index (χ3n) is 3.11. The number of nitrogens with zero attached hydrogens (tertiary/aromatic N) is 2. The average Bonchev–Trinajstić information content (AvgIpc) is 2.85. The van der Waals surface area contributed by atoms with Gasteiger partial charge in [-0.15, -0.1) is 0 Å². The maximum absolute atomic E-state index is 6.13. The van der Waals surface area contributed by atoms with E-state index in [4.69, 9.17) is 5.73 Å². The van der Waals surface area contributed by atoms with E-state index < -0.39 is 0 Å². The second-order valence-electron chi connectivity index (χ2n) is 4.15. The number of hydrogen-bond donors (Lipinski definition) is 2. The second kappa shape index (κ2) is 4.49. The van der Waals surface area contributed by atoms with Crippen molar-refractivity contribution in [3.8, 4) is 0 Å². The molecule has 0 fully saturated rings. The summed E-state index contributed by atoms with van der Waals surface area (Å²) in [4.78, 5) is 2.07. The molecular formula is C13H18N4. The van der Waals surface area contributed by atoms with Crippen molar-refractivity contribution in [1.29, 1.82) is 0 Å². The Balaban J connectivity index is 2.49. The summed E-state index contributed by atoms with van der Waals surface area (Å²) in [5.74, 6) is 0.961. The van der Waals surface area contributed by atoms with E-state index in [9.17, 15) is 0 Å². The van der Waals surface area contributed by atoms with Gasteiger partial charge < -0.3 is 10.6 Å². The van der Waals surface area contributed by atoms with E-state index in [1.165, 1.54) is 5.56 Å². The topological polar surface area (TPSA) is 57.9 Å². The lowest BCUT2D eigenvalue weighted by atomic mass is 10.0. The van der Waals surface area contributed by atoms with Gasteiger partial charge in [0.25, 0.3) is 0 Å². The molecule has 1 aromatic carbocycles. The van der Waals surface area contributed by atoms with Gasteiger partial charge in [-0.2, -0.15) is 5.10 Å². The molecule has 0 unspecified atom stereocenters. The second-order valence-corrected chi connectivity index (χ2v) is 4.15. The van der Waals surface area contributed by atoms with Gasteiger partial charge in [-0.3, -0.25) is 5.10 Å². The summed E-state index contributed by atoms with van der Waals surface area (Å²) in [5, 5.41) is 6.92. The molecular weight excluding hydrogens is 212 g/mol. The molecule has 4 heteroatoms. The zero-order chi connectivity index (χ0) is 12.4. The molecule has 0 amide bonds. The Kier molecular flexibility index (Phi) is 3.04. The van der Waals surface area contributed by atoms with Crippen LogP contribution in [0.15, 0.2) is 24.4 Å². The van der Waals surface area contributed by atoms with Crippen molar-refractivity contribution >= 4 is 17.2 Å². The minimum atomic E-state index is 0.886. The lowest BCUT2D eigenvalue weighted by Gasteiger charge is -2.22. The predicted molar refractivity (Wildman–Crippen MR) is 71.6 cm³/mol. The molecule has 0 saturated heterocycles. The Bertz CT molecular complexity index is 502. The Labute approximate surface area is 101 Å². The van der Waals surface area contributed by atoms with Crippen LogP contribution in [0.3, 0.4) is 0 Å². The van der Waals surface area contributed by atoms with Crippen LogP contribution < -0.4 is 10.6 Å². The predicted octanol–water partition coefficient (Wildman–Crippen LogP) is 2.63. The van der Waals surface area contributed by atoms with Crippen LogP contribution in [-0.4, -0.2) is 17.2 Å². The highest BCUT2D eigenvalue weighted by atomic mass is 15.3. The van der Waals surface area contributed by atoms with Gasteiger partial charge in [0.2, 0.25) is 0 Å². The summed E-state index contributed by atoms with van der Waals surface area (Å²) in [7, 11) is 2.01. The van der Waals surface area contributed by atoms with Crippen LogP contribution >= 0.6 is 0 Å². The Morgan fingerprint density at radius 2 is 2.12 bits per heavy atom. The molecule has 3 N–H and O–H groups in total. The van der Waals surface area contributed by atoms with Crippen LogP contribution in [0.1, 0.15) is 18.1 Å². The summed E-state index contributed by atoms with van der Waals surface area (Å²) < 4.78 is 0. The van der Waals surface area contributed by atoms with Crippen molar-refractivity contribution in [2.24, 2.45) is 0 Å². The fourth-order valence-corrected chi connectivity index (χ4v) is 2.02. The van der Waals surface area contributed by atoms with E-state index in [-0.39, 0.29) is 0 Å². The maximum Gasteiger partial charge on any atom is 0.128 e. The van der Waals surface area contributed by atoms with Crippen LogP contribution in [0.2, 0.25) is 0 Å². The highest BCUT2D eigenvalue weighted by Crippen LogP contribution is 2.31. The number of nitrogens with one attached hydrogen (secondary N) is 1. The minimum absolute atomic E-state index is 0.886. The van der Waals surface area contributed by atoms with Crippen LogP contribution in [0.4, 0.5) is 17.2 Å². The number of aromatic amines is 1. The third kappa shape index (κ3) is 1.98. The number of aryl methyl sites for hydroxylation is 1. The van der Waals surface area contributed by atoms with Gasteiger partial charge in [-0.1, -0.05) is 13.0 Å². The van der Waals surface area contributed by atoms with Gasteiger partial charge >= 0.3 is 0 Å². The quantitative estimate of drug-likeness (QED) is 0.797. The number of anilines is 3. The Morgan fingerprint density at radius 3 is 2.71 bits per heavy atom. The van der Waals surface area contributed by atoms with Crippen LogP contribution in [-0.2, 0) is 6.42 Å². The molecule has 2 aromatic rings. The molecule has 0 aliphatic rings. The lowest BCUT2D eigenvalue weighted by Crippen LogP contribution is -2.13. The molecule has 0 aliphatic carbocycles. The first-order valence-electron chi connectivity index (χ1n) is 5.76. The highest BCUT2D eigenvalue weighted by molar-refractivity contribution is 5.72. The summed E-state index contributed by atoms with van der Waals surface area (Å²) >= 11 is 0. The Morgan fingerprint density at radius 1 is 1.35 bits per heavy atom. The largest absolute Gasteiger partial charge is 0.398 e. The first-order valence-corrected chi connectivity index (χ1v) is 5.76. The number of nitrogen functional groups attached to an aromatic ring is 1. The first-order chi connectivity index (χ1) is 8.15. The lowest BCUT2D eigenvalue weighted by molar-refractivity contribution is 1.02. The molecule has 0 aliphatic heterocycles. The van der Waals surface area contributed by atoms with Gasteiger partial charge in [0.1, 0.15) is 5.82 Å². The van der Waals surface area contributed by atoms with Crippen molar-refractivity contribution in [1.82, 2.24) is 10.2 Å². The fourth-order valence-electron chi connectivity index (χ4n) is 2.02. The molecule has 0 spiro atoms. The number of H-pyrrole nitrogens is 1. The van der Waals surface area contributed by atoms with Crippen LogP contribution in [0, 0.1) is 6.92 Å². The number of nitrogens with two attached hydrogens (primary N) is 1. The van der Waals surface area contributed by atoms with E-state index in [1.54, 1.807) is 6.20 Å². The van der Waals surface area contributed by atoms with Crippen molar-refractivity contribution in [2.45, 2.75) is 20.3 Å². The number of benzene rings is 1. The van der Waals surface area contributed by atoms with E-state index in [0.29, 0.717) is 0 Å². The van der Waals surface area contributed by atoms with Gasteiger partial charge in [0, 0.05) is 24.5 Å². The molecule has 0 atom stereocenters. The summed E-state index contributed by atoms with van der Waals surface area (Å²) in [5.41, 5.74) is 10.5. The smallest absolute Gasteiger partial charge is 0.128 e. The normalized spacial score (nSPS) is 10.5. The van der Waals surface area contributed by atoms with Crippen molar-refractivity contribution in [2.75, 3.05) is 17.7 Å². The van der Waals surface area contributed by atoms with Gasteiger partial charge in [0.15, 0.2) is 0 Å². The molecule has 0 bridgehead atoms. The summed E-state index contributed by atoms with van der Waals surface area (Å²) in [6.07, 6.45) is 2.66. The maximum atomic E-state index is 6.13. The minimum Gasteiger partial charge on any atom is -0.398 e. The number of rotatable bonds is 3. The molecule has 0 saturated carbocycles. The zero-order valence-corrected chi connectivity index (χ0v) is 10.5. The van der Waals surface area contributed by atoms with Gasteiger partial charge in [-0.25, -0.2) is 0 Å². The Hall–Kier alpha value is -1.97. The van der Waals surface area contributed by atoms with Crippen LogP contribution in [0.25, 0.3) is 0 Å². The van der Waals surface area contributed by atoms with Gasteiger partial charge in [-0.05, 0) is 30.5 Å². The molecule has 17 heavy (non-hydrogen) atoms. The molecule has 0 radical (unpaired) electrons. The fraction of sp³-hybridized carbons (Fsp3) is 0.308. The van der Waals surface area contributed by atoms with Gasteiger partial charge in [0.05, 0.1) is 6.20 Å². The van der Waals surface area contributed by atoms with E-state index in [2.05, 4.69) is 34.2 Å². The molecule has 1 heterocycles. The SMILES string of the molecule is CCc1c(N(C)c2ccn[nH]2)ccc(C)c1N. The number of aromatic nitrogens is 2. The molecule has 1 aromatic heterocycles. The standard InChI is InChI=1S/C13H18N4/c1-4-10-11(6-5-9(2)13(10)14)17(3)12-7-8-15-16-12/h5-8H,4,14H2,1-3H3,(H,15,16). The average molecular weight is 230 g/mol.